The number of rotatable bonds is 7. The van der Waals surface area contributed by atoms with Crippen LogP contribution in [0.25, 0.3) is 0 Å². The molecule has 3 rings (SSSR count). The highest BCUT2D eigenvalue weighted by atomic mass is 79.9. The van der Waals surface area contributed by atoms with Crippen molar-refractivity contribution in [1.29, 1.82) is 0 Å². The molecule has 0 radical (unpaired) electrons. The molecule has 156 valence electrons. The van der Waals surface area contributed by atoms with Gasteiger partial charge in [-0.05, 0) is 65.7 Å². The summed E-state index contributed by atoms with van der Waals surface area (Å²) in [5, 5.41) is 4.05. The van der Waals surface area contributed by atoms with Gasteiger partial charge < -0.3 is 9.47 Å². The Bertz CT molecular complexity index is 1000. The first-order valence-electron chi connectivity index (χ1n) is 8.87. The minimum atomic E-state index is -4.36. The van der Waals surface area contributed by atoms with Gasteiger partial charge in [-0.2, -0.15) is 18.3 Å². The highest BCUT2D eigenvalue weighted by Crippen LogP contribution is 2.30. The fourth-order valence-corrected chi connectivity index (χ4v) is 2.80. The molecule has 3 aromatic carbocycles. The zero-order chi connectivity index (χ0) is 21.6. The van der Waals surface area contributed by atoms with Crippen LogP contribution >= 0.6 is 15.9 Å². The number of alkyl halides is 3. The van der Waals surface area contributed by atoms with Crippen molar-refractivity contribution in [2.24, 2.45) is 5.10 Å². The van der Waals surface area contributed by atoms with Gasteiger partial charge >= 0.3 is 6.18 Å². The maximum absolute atomic E-state index is 12.6. The van der Waals surface area contributed by atoms with E-state index in [1.54, 1.807) is 31.5 Å². The highest BCUT2D eigenvalue weighted by Gasteiger charge is 2.29. The van der Waals surface area contributed by atoms with Crippen LogP contribution in [0, 0.1) is 0 Å². The zero-order valence-electron chi connectivity index (χ0n) is 15.9. The Labute approximate surface area is 180 Å². The van der Waals surface area contributed by atoms with Gasteiger partial charge in [0.1, 0.15) is 6.61 Å². The molecule has 0 heterocycles. The van der Waals surface area contributed by atoms with E-state index in [0.29, 0.717) is 23.8 Å². The van der Waals surface area contributed by atoms with Gasteiger partial charge in [0.2, 0.25) is 0 Å². The van der Waals surface area contributed by atoms with Crippen molar-refractivity contribution in [2.45, 2.75) is 12.8 Å². The Morgan fingerprint density at radius 1 is 0.967 bits per heavy atom. The van der Waals surface area contributed by atoms with Crippen molar-refractivity contribution in [1.82, 2.24) is 0 Å². The number of hydrogen-bond donors (Lipinski definition) is 1. The van der Waals surface area contributed by atoms with Crippen molar-refractivity contribution in [3.63, 3.8) is 0 Å². The van der Waals surface area contributed by atoms with E-state index in [1.807, 2.05) is 24.3 Å². The summed E-state index contributed by atoms with van der Waals surface area (Å²) in [6, 6.07) is 17.8. The van der Waals surface area contributed by atoms with Crippen LogP contribution in [0.1, 0.15) is 16.7 Å². The molecular weight excluding hydrogens is 461 g/mol. The lowest BCUT2D eigenvalue weighted by Gasteiger charge is -2.11. The van der Waals surface area contributed by atoms with Gasteiger partial charge in [-0.3, -0.25) is 5.43 Å². The van der Waals surface area contributed by atoms with Crippen LogP contribution in [-0.2, 0) is 12.8 Å². The molecule has 0 amide bonds. The number of methoxy groups -OCH3 is 1. The molecule has 0 bridgehead atoms. The second kappa shape index (κ2) is 9.67. The molecule has 3 aromatic rings. The Morgan fingerprint density at radius 2 is 1.67 bits per heavy atom. The van der Waals surface area contributed by atoms with Crippen molar-refractivity contribution in [3.05, 3.63) is 87.9 Å². The van der Waals surface area contributed by atoms with Crippen LogP contribution in [0.2, 0.25) is 0 Å². The molecule has 0 aliphatic heterocycles. The first kappa shape index (κ1) is 21.7. The van der Waals surface area contributed by atoms with Gasteiger partial charge in [0.25, 0.3) is 0 Å². The van der Waals surface area contributed by atoms with Gasteiger partial charge in [-0.1, -0.05) is 28.1 Å². The van der Waals surface area contributed by atoms with Crippen molar-refractivity contribution in [3.8, 4) is 11.5 Å². The van der Waals surface area contributed by atoms with E-state index < -0.39 is 11.7 Å². The first-order valence-corrected chi connectivity index (χ1v) is 9.66. The summed E-state index contributed by atoms with van der Waals surface area (Å²) in [4.78, 5) is 0. The summed E-state index contributed by atoms with van der Waals surface area (Å²) >= 11 is 3.40. The van der Waals surface area contributed by atoms with Crippen molar-refractivity contribution >= 4 is 27.8 Å². The summed E-state index contributed by atoms with van der Waals surface area (Å²) in [5.74, 6) is 1.14. The minimum Gasteiger partial charge on any atom is -0.493 e. The molecule has 0 spiro atoms. The van der Waals surface area contributed by atoms with E-state index in [2.05, 4.69) is 26.5 Å². The van der Waals surface area contributed by atoms with E-state index in [1.165, 1.54) is 12.1 Å². The summed E-state index contributed by atoms with van der Waals surface area (Å²) in [7, 11) is 1.54. The SMILES string of the molecule is COc1cc(C=NNc2ccc(C(F)(F)F)cc2)ccc1OCc1ccc(Br)cc1. The van der Waals surface area contributed by atoms with Gasteiger partial charge in [-0.15, -0.1) is 0 Å². The molecule has 8 heteroatoms. The van der Waals surface area contributed by atoms with Gasteiger partial charge in [0, 0.05) is 4.47 Å². The molecule has 0 saturated carbocycles. The summed E-state index contributed by atoms with van der Waals surface area (Å²) in [6.45, 7) is 0.395. The number of hydrazone groups is 1. The number of hydrogen-bond acceptors (Lipinski definition) is 4. The molecule has 0 fully saturated rings. The number of nitrogens with zero attached hydrogens (tertiary/aromatic N) is 1. The first-order chi connectivity index (χ1) is 14.3. The third-order valence-electron chi connectivity index (χ3n) is 4.11. The van der Waals surface area contributed by atoms with Gasteiger partial charge in [-0.25, -0.2) is 0 Å². The molecule has 0 unspecified atom stereocenters. The summed E-state index contributed by atoms with van der Waals surface area (Å²) < 4.78 is 50.0. The Hall–Kier alpha value is -3.00. The Balaban J connectivity index is 1.61. The highest BCUT2D eigenvalue weighted by molar-refractivity contribution is 9.10. The standard InChI is InChI=1S/C22H18BrF3N2O2/c1-29-21-12-16(4-11-20(21)30-14-15-2-7-18(23)8-3-15)13-27-28-19-9-5-17(6-10-19)22(24,25)26/h2-13,28H,14H2,1H3. The van der Waals surface area contributed by atoms with Crippen LogP contribution in [-0.4, -0.2) is 13.3 Å². The second-order valence-electron chi connectivity index (χ2n) is 6.27. The topological polar surface area (TPSA) is 42.8 Å². The van der Waals surface area contributed by atoms with E-state index >= 15 is 0 Å². The average molecular weight is 479 g/mol. The van der Waals surface area contributed by atoms with Crippen LogP contribution in [0.4, 0.5) is 18.9 Å². The van der Waals surface area contributed by atoms with Gasteiger partial charge in [0.15, 0.2) is 11.5 Å². The van der Waals surface area contributed by atoms with Crippen molar-refractivity contribution < 1.29 is 22.6 Å². The lowest BCUT2D eigenvalue weighted by molar-refractivity contribution is -0.137. The lowest BCUT2D eigenvalue weighted by Crippen LogP contribution is -2.04. The maximum Gasteiger partial charge on any atom is 0.416 e. The molecule has 0 aliphatic carbocycles. The van der Waals surface area contributed by atoms with E-state index in [0.717, 1.165) is 27.7 Å². The molecular formula is C22H18BrF3N2O2. The molecule has 0 saturated heterocycles. The van der Waals surface area contributed by atoms with E-state index in [-0.39, 0.29) is 0 Å². The van der Waals surface area contributed by atoms with Crippen LogP contribution in [0.15, 0.2) is 76.3 Å². The fourth-order valence-electron chi connectivity index (χ4n) is 2.54. The Morgan fingerprint density at radius 3 is 2.30 bits per heavy atom. The number of benzene rings is 3. The number of anilines is 1. The molecule has 0 atom stereocenters. The molecule has 4 nitrogen and oxygen atoms in total. The van der Waals surface area contributed by atoms with Crippen LogP contribution in [0.5, 0.6) is 11.5 Å². The zero-order valence-corrected chi connectivity index (χ0v) is 17.5. The lowest BCUT2D eigenvalue weighted by atomic mass is 10.2. The maximum atomic E-state index is 12.6. The molecule has 0 aliphatic rings. The third-order valence-corrected chi connectivity index (χ3v) is 4.64. The van der Waals surface area contributed by atoms with E-state index in [9.17, 15) is 13.2 Å². The molecule has 0 aromatic heterocycles. The van der Waals surface area contributed by atoms with Crippen molar-refractivity contribution in [2.75, 3.05) is 12.5 Å². The smallest absolute Gasteiger partial charge is 0.416 e. The number of ether oxygens (including phenoxy) is 2. The quantitative estimate of drug-likeness (QED) is 0.311. The Kier molecular flexibility index (Phi) is 6.99. The monoisotopic (exact) mass is 478 g/mol. The van der Waals surface area contributed by atoms with E-state index in [4.69, 9.17) is 9.47 Å². The summed E-state index contributed by atoms with van der Waals surface area (Å²) in [6.07, 6.45) is -2.82. The number of halogens is 4. The normalized spacial score (nSPS) is 11.5. The summed E-state index contributed by atoms with van der Waals surface area (Å²) in [5.41, 5.74) is 4.20. The molecule has 1 N–H and O–H groups in total. The third kappa shape index (κ3) is 6.00. The predicted molar refractivity (Wildman–Crippen MR) is 114 cm³/mol. The van der Waals surface area contributed by atoms with Gasteiger partial charge in [0.05, 0.1) is 24.6 Å². The average Bonchev–Trinajstić information content (AvgIpc) is 2.73. The minimum absolute atomic E-state index is 0.395. The fraction of sp³-hybridized carbons (Fsp3) is 0.136. The molecule has 30 heavy (non-hydrogen) atoms. The number of nitrogens with one attached hydrogen (secondary N) is 1. The van der Waals surface area contributed by atoms with Crippen LogP contribution in [0.3, 0.4) is 0 Å². The predicted octanol–water partition coefficient (Wildman–Crippen LogP) is 6.50. The second-order valence-corrected chi connectivity index (χ2v) is 7.19. The van der Waals surface area contributed by atoms with Crippen LogP contribution < -0.4 is 14.9 Å². The largest absolute Gasteiger partial charge is 0.493 e.